The second-order valence-corrected chi connectivity index (χ2v) is 4.45. The van der Waals surface area contributed by atoms with Crippen LogP contribution in [0.2, 0.25) is 5.02 Å². The van der Waals surface area contributed by atoms with E-state index >= 15 is 0 Å². The van der Waals surface area contributed by atoms with Crippen molar-refractivity contribution >= 4 is 23.5 Å². The van der Waals surface area contributed by atoms with Gasteiger partial charge in [-0.15, -0.1) is 0 Å². The van der Waals surface area contributed by atoms with Gasteiger partial charge in [0.15, 0.2) is 0 Å². The molecule has 2 aromatic rings. The first-order chi connectivity index (χ1) is 9.38. The van der Waals surface area contributed by atoms with E-state index in [-0.39, 0.29) is 22.3 Å². The lowest BCUT2D eigenvalue weighted by Gasteiger charge is -2.06. The van der Waals surface area contributed by atoms with E-state index in [2.05, 4.69) is 10.3 Å². The number of phenolic OH excluding ortho intramolecular Hbond substituents is 1. The van der Waals surface area contributed by atoms with Gasteiger partial charge in [-0.2, -0.15) is 0 Å². The molecule has 8 heteroatoms. The van der Waals surface area contributed by atoms with Crippen LogP contribution in [-0.4, -0.2) is 20.6 Å². The van der Waals surface area contributed by atoms with E-state index in [1.807, 2.05) is 0 Å². The first kappa shape index (κ1) is 14.3. The molecule has 0 fully saturated rings. The summed E-state index contributed by atoms with van der Waals surface area (Å²) in [5.41, 5.74) is -0.516. The third-order valence-corrected chi connectivity index (χ3v) is 2.78. The van der Waals surface area contributed by atoms with E-state index in [9.17, 15) is 18.7 Å². The standard InChI is InChI=1S/C12H10ClF2N3O2/c1-18-5-8(10(14)15)16-12(18)17-11(20)7-4-6(13)2-3-9(7)19/h2-5,10,19H,1H3,(H,16,17,20). The Morgan fingerprint density at radius 1 is 1.50 bits per heavy atom. The highest BCUT2D eigenvalue weighted by molar-refractivity contribution is 6.31. The SMILES string of the molecule is Cn1cc(C(F)F)nc1NC(=O)c1cc(Cl)ccc1O. The molecule has 1 aromatic heterocycles. The molecule has 0 saturated heterocycles. The molecule has 1 amide bonds. The molecule has 20 heavy (non-hydrogen) atoms. The number of hydrogen-bond acceptors (Lipinski definition) is 3. The lowest BCUT2D eigenvalue weighted by Crippen LogP contribution is -2.15. The number of halogens is 3. The van der Waals surface area contributed by atoms with Crippen LogP contribution in [0, 0.1) is 0 Å². The number of nitrogens with zero attached hydrogens (tertiary/aromatic N) is 2. The number of amides is 1. The fourth-order valence-corrected chi connectivity index (χ4v) is 1.74. The van der Waals surface area contributed by atoms with Crippen molar-refractivity contribution in [3.05, 3.63) is 40.7 Å². The third kappa shape index (κ3) is 2.88. The molecule has 0 unspecified atom stereocenters. The maximum atomic E-state index is 12.5. The third-order valence-electron chi connectivity index (χ3n) is 2.55. The predicted molar refractivity (Wildman–Crippen MR) is 69.2 cm³/mol. The maximum Gasteiger partial charge on any atom is 0.281 e. The topological polar surface area (TPSA) is 67.2 Å². The molecule has 0 radical (unpaired) electrons. The molecule has 0 spiro atoms. The van der Waals surface area contributed by atoms with E-state index in [1.54, 1.807) is 0 Å². The van der Waals surface area contributed by atoms with Gasteiger partial charge in [0.25, 0.3) is 12.3 Å². The Labute approximate surface area is 117 Å². The highest BCUT2D eigenvalue weighted by Crippen LogP contribution is 2.23. The molecule has 0 atom stereocenters. The summed E-state index contributed by atoms with van der Waals surface area (Å²) in [6, 6.07) is 3.95. The van der Waals surface area contributed by atoms with Crippen molar-refractivity contribution in [3.63, 3.8) is 0 Å². The minimum Gasteiger partial charge on any atom is -0.507 e. The van der Waals surface area contributed by atoms with Gasteiger partial charge in [-0.3, -0.25) is 10.1 Å². The summed E-state index contributed by atoms with van der Waals surface area (Å²) in [7, 11) is 1.46. The molecular formula is C12H10ClF2N3O2. The van der Waals surface area contributed by atoms with Crippen molar-refractivity contribution < 1.29 is 18.7 Å². The van der Waals surface area contributed by atoms with E-state index in [0.29, 0.717) is 0 Å². The Kier molecular flexibility index (Phi) is 3.89. The number of carbonyl (C=O) groups excluding carboxylic acids is 1. The minimum absolute atomic E-state index is 0.0512. The number of carbonyl (C=O) groups is 1. The lowest BCUT2D eigenvalue weighted by atomic mass is 10.2. The Balaban J connectivity index is 2.25. The predicted octanol–water partition coefficient (Wildman–Crippen LogP) is 2.97. The average Bonchev–Trinajstić information content (AvgIpc) is 2.74. The summed E-state index contributed by atoms with van der Waals surface area (Å²) in [6.07, 6.45) is -1.62. The van der Waals surface area contributed by atoms with Gasteiger partial charge in [-0.25, -0.2) is 13.8 Å². The van der Waals surface area contributed by atoms with Crippen LogP contribution in [-0.2, 0) is 7.05 Å². The second kappa shape index (κ2) is 5.46. The quantitative estimate of drug-likeness (QED) is 0.916. The van der Waals surface area contributed by atoms with Crippen LogP contribution in [0.5, 0.6) is 5.75 Å². The van der Waals surface area contributed by atoms with Crippen molar-refractivity contribution in [2.24, 2.45) is 7.05 Å². The average molecular weight is 302 g/mol. The largest absolute Gasteiger partial charge is 0.507 e. The van der Waals surface area contributed by atoms with Gasteiger partial charge < -0.3 is 9.67 Å². The number of aromatic hydroxyl groups is 1. The highest BCUT2D eigenvalue weighted by Gasteiger charge is 2.17. The molecule has 0 aliphatic rings. The molecule has 0 aliphatic heterocycles. The number of hydrogen-bond donors (Lipinski definition) is 2. The number of imidazole rings is 1. The summed E-state index contributed by atoms with van der Waals surface area (Å²) in [5, 5.41) is 12.2. The van der Waals surface area contributed by atoms with Crippen LogP contribution >= 0.6 is 11.6 Å². The zero-order chi connectivity index (χ0) is 14.9. The minimum atomic E-state index is -2.73. The van der Waals surface area contributed by atoms with E-state index in [1.165, 1.54) is 29.8 Å². The van der Waals surface area contributed by atoms with E-state index in [4.69, 9.17) is 11.6 Å². The molecule has 1 aromatic carbocycles. The van der Waals surface area contributed by atoms with Gasteiger partial charge in [-0.05, 0) is 18.2 Å². The molecule has 0 bridgehead atoms. The van der Waals surface area contributed by atoms with Gasteiger partial charge in [0.1, 0.15) is 11.4 Å². The number of alkyl halides is 2. The van der Waals surface area contributed by atoms with Crippen molar-refractivity contribution in [1.29, 1.82) is 0 Å². The Hall–Kier alpha value is -2.15. The van der Waals surface area contributed by atoms with Crippen LogP contribution in [0.1, 0.15) is 22.5 Å². The first-order valence-corrected chi connectivity index (χ1v) is 5.87. The van der Waals surface area contributed by atoms with E-state index in [0.717, 1.165) is 6.20 Å². The Bertz CT molecular complexity index is 658. The number of rotatable bonds is 3. The number of nitrogens with one attached hydrogen (secondary N) is 1. The smallest absolute Gasteiger partial charge is 0.281 e. The molecule has 5 nitrogen and oxygen atoms in total. The highest BCUT2D eigenvalue weighted by atomic mass is 35.5. The van der Waals surface area contributed by atoms with Crippen molar-refractivity contribution in [3.8, 4) is 5.75 Å². The zero-order valence-electron chi connectivity index (χ0n) is 10.3. The number of benzene rings is 1. The van der Waals surface area contributed by atoms with Crippen LogP contribution in [0.15, 0.2) is 24.4 Å². The summed E-state index contributed by atoms with van der Waals surface area (Å²) in [6.45, 7) is 0. The van der Waals surface area contributed by atoms with Crippen LogP contribution in [0.25, 0.3) is 0 Å². The summed E-state index contributed by atoms with van der Waals surface area (Å²) in [4.78, 5) is 15.5. The van der Waals surface area contributed by atoms with Gasteiger partial charge in [-0.1, -0.05) is 11.6 Å². The van der Waals surface area contributed by atoms with Crippen molar-refractivity contribution in [1.82, 2.24) is 9.55 Å². The van der Waals surface area contributed by atoms with Gasteiger partial charge in [0.2, 0.25) is 5.95 Å². The van der Waals surface area contributed by atoms with Crippen molar-refractivity contribution in [2.75, 3.05) is 5.32 Å². The molecule has 106 valence electrons. The van der Waals surface area contributed by atoms with Crippen molar-refractivity contribution in [2.45, 2.75) is 6.43 Å². The number of phenols is 1. The molecular weight excluding hydrogens is 292 g/mol. The summed E-state index contributed by atoms with van der Waals surface area (Å²) >= 11 is 5.73. The Morgan fingerprint density at radius 2 is 2.20 bits per heavy atom. The maximum absolute atomic E-state index is 12.5. The van der Waals surface area contributed by atoms with Crippen LogP contribution in [0.3, 0.4) is 0 Å². The summed E-state index contributed by atoms with van der Waals surface area (Å²) in [5.74, 6) is -1.01. The van der Waals surface area contributed by atoms with Gasteiger partial charge in [0.05, 0.1) is 5.56 Å². The second-order valence-electron chi connectivity index (χ2n) is 4.02. The zero-order valence-corrected chi connectivity index (χ0v) is 11.0. The fraction of sp³-hybridized carbons (Fsp3) is 0.167. The van der Waals surface area contributed by atoms with Gasteiger partial charge >= 0.3 is 0 Å². The van der Waals surface area contributed by atoms with Crippen LogP contribution < -0.4 is 5.32 Å². The number of anilines is 1. The lowest BCUT2D eigenvalue weighted by molar-refractivity contribution is 0.102. The molecule has 1 heterocycles. The normalized spacial score (nSPS) is 10.8. The van der Waals surface area contributed by atoms with Gasteiger partial charge in [0, 0.05) is 18.3 Å². The molecule has 0 saturated carbocycles. The fourth-order valence-electron chi connectivity index (χ4n) is 1.57. The molecule has 2 N–H and O–H groups in total. The molecule has 2 rings (SSSR count). The summed E-state index contributed by atoms with van der Waals surface area (Å²) < 4.78 is 26.2. The first-order valence-electron chi connectivity index (χ1n) is 5.49. The monoisotopic (exact) mass is 301 g/mol. The number of aromatic nitrogens is 2. The van der Waals surface area contributed by atoms with E-state index < -0.39 is 18.0 Å². The molecule has 0 aliphatic carbocycles. The number of aryl methyl sites for hydroxylation is 1. The Morgan fingerprint density at radius 3 is 2.80 bits per heavy atom. The van der Waals surface area contributed by atoms with Crippen LogP contribution in [0.4, 0.5) is 14.7 Å².